The lowest BCUT2D eigenvalue weighted by Crippen LogP contribution is -2.42. The molecule has 29 heavy (non-hydrogen) atoms. The molecule has 0 atom stereocenters. The van der Waals surface area contributed by atoms with Gasteiger partial charge in [0.1, 0.15) is 0 Å². The van der Waals surface area contributed by atoms with Crippen LogP contribution in [0, 0.1) is 5.92 Å². The zero-order valence-corrected chi connectivity index (χ0v) is 19.3. The molecule has 0 fully saturated rings. The lowest BCUT2D eigenvalue weighted by molar-refractivity contribution is -0.137. The number of hydrogen-bond donors (Lipinski definition) is 3. The van der Waals surface area contributed by atoms with Gasteiger partial charge in [-0.3, -0.25) is 9.79 Å². The fraction of sp³-hybridized carbons (Fsp3) is 0.579. The van der Waals surface area contributed by atoms with E-state index in [1.807, 2.05) is 0 Å². The molecule has 0 spiro atoms. The van der Waals surface area contributed by atoms with Gasteiger partial charge in [0.2, 0.25) is 0 Å². The van der Waals surface area contributed by atoms with Gasteiger partial charge in [-0.15, -0.1) is 24.0 Å². The van der Waals surface area contributed by atoms with Crippen LogP contribution < -0.4 is 16.0 Å². The largest absolute Gasteiger partial charge is 0.416 e. The van der Waals surface area contributed by atoms with E-state index in [0.717, 1.165) is 37.3 Å². The van der Waals surface area contributed by atoms with Crippen molar-refractivity contribution in [2.45, 2.75) is 26.4 Å². The Labute approximate surface area is 187 Å². The quantitative estimate of drug-likeness (QED) is 0.188. The van der Waals surface area contributed by atoms with Crippen molar-refractivity contribution in [3.8, 4) is 0 Å². The van der Waals surface area contributed by atoms with Crippen molar-refractivity contribution in [3.05, 3.63) is 35.4 Å². The van der Waals surface area contributed by atoms with Gasteiger partial charge in [-0.25, -0.2) is 0 Å². The summed E-state index contributed by atoms with van der Waals surface area (Å²) in [6.07, 6.45) is -3.57. The highest BCUT2D eigenvalue weighted by Gasteiger charge is 2.30. The summed E-state index contributed by atoms with van der Waals surface area (Å²) in [4.78, 5) is 16.0. The summed E-state index contributed by atoms with van der Waals surface area (Å²) >= 11 is 0. The molecular formula is C19H30F3IN4O2. The number of ether oxygens (including phenoxy) is 1. The minimum Gasteiger partial charge on any atom is -0.381 e. The fourth-order valence-electron chi connectivity index (χ4n) is 2.19. The number of benzene rings is 1. The summed E-state index contributed by atoms with van der Waals surface area (Å²) in [6.45, 7) is 7.04. The number of guanidine groups is 1. The average Bonchev–Trinajstić information content (AvgIpc) is 2.65. The second-order valence-electron chi connectivity index (χ2n) is 6.58. The zero-order valence-electron chi connectivity index (χ0n) is 16.9. The topological polar surface area (TPSA) is 74.8 Å². The van der Waals surface area contributed by atoms with Gasteiger partial charge in [0.05, 0.1) is 5.56 Å². The summed E-state index contributed by atoms with van der Waals surface area (Å²) in [5.74, 6) is 0.689. The molecule has 0 heterocycles. The van der Waals surface area contributed by atoms with Crippen molar-refractivity contribution in [2.24, 2.45) is 10.9 Å². The first-order valence-electron chi connectivity index (χ1n) is 9.21. The normalized spacial score (nSPS) is 11.8. The Morgan fingerprint density at radius 1 is 1.07 bits per heavy atom. The summed E-state index contributed by atoms with van der Waals surface area (Å²) in [7, 11) is 1.64. The van der Waals surface area contributed by atoms with Crippen LogP contribution in [0.4, 0.5) is 13.2 Å². The van der Waals surface area contributed by atoms with Crippen molar-refractivity contribution >= 4 is 35.8 Å². The molecule has 0 aliphatic heterocycles. The van der Waals surface area contributed by atoms with Crippen LogP contribution in [0.5, 0.6) is 0 Å². The fourth-order valence-corrected chi connectivity index (χ4v) is 2.19. The Kier molecular flexibility index (Phi) is 13.7. The van der Waals surface area contributed by atoms with Crippen LogP contribution in [0.2, 0.25) is 0 Å². The van der Waals surface area contributed by atoms with Crippen LogP contribution in [0.1, 0.15) is 36.2 Å². The number of carbonyl (C=O) groups is 1. The van der Waals surface area contributed by atoms with Gasteiger partial charge >= 0.3 is 6.18 Å². The Balaban J connectivity index is 0.00000784. The molecule has 0 aromatic heterocycles. The van der Waals surface area contributed by atoms with Crippen molar-refractivity contribution in [2.75, 3.05) is 39.9 Å². The smallest absolute Gasteiger partial charge is 0.381 e. The third-order valence-electron chi connectivity index (χ3n) is 3.61. The number of aliphatic imine (C=N–C) groups is 1. The summed E-state index contributed by atoms with van der Waals surface area (Å²) < 4.78 is 43.1. The number of hydrogen-bond acceptors (Lipinski definition) is 3. The highest BCUT2D eigenvalue weighted by molar-refractivity contribution is 14.0. The maximum absolute atomic E-state index is 12.5. The van der Waals surface area contributed by atoms with Crippen LogP contribution >= 0.6 is 24.0 Å². The van der Waals surface area contributed by atoms with Crippen LogP contribution in [-0.4, -0.2) is 51.8 Å². The standard InChI is InChI=1S/C19H29F3N4O2.HI/c1-14(2)13-28-12-4-9-25-18(23-3)26-11-10-24-17(27)15-5-7-16(8-6-15)19(20,21)22;/h5-8,14H,4,9-13H2,1-3H3,(H,24,27)(H2,23,25,26);1H. The molecule has 3 N–H and O–H groups in total. The third-order valence-corrected chi connectivity index (χ3v) is 3.61. The van der Waals surface area contributed by atoms with Gasteiger partial charge in [0, 0.05) is 45.5 Å². The van der Waals surface area contributed by atoms with Gasteiger partial charge < -0.3 is 20.7 Å². The van der Waals surface area contributed by atoms with Gasteiger partial charge in [-0.1, -0.05) is 13.8 Å². The molecule has 1 amide bonds. The van der Waals surface area contributed by atoms with E-state index < -0.39 is 17.6 Å². The molecule has 0 aliphatic carbocycles. The molecule has 0 saturated carbocycles. The van der Waals surface area contributed by atoms with E-state index in [2.05, 4.69) is 34.8 Å². The molecule has 0 aliphatic rings. The van der Waals surface area contributed by atoms with Crippen LogP contribution in [-0.2, 0) is 10.9 Å². The minimum absolute atomic E-state index is 0. The lowest BCUT2D eigenvalue weighted by atomic mass is 10.1. The molecule has 1 aromatic rings. The number of halogens is 4. The van der Waals surface area contributed by atoms with E-state index >= 15 is 0 Å². The Bertz CT molecular complexity index is 623. The van der Waals surface area contributed by atoms with Crippen LogP contribution in [0.15, 0.2) is 29.3 Å². The first-order chi connectivity index (χ1) is 13.2. The van der Waals surface area contributed by atoms with Crippen molar-refractivity contribution in [3.63, 3.8) is 0 Å². The summed E-state index contributed by atoms with van der Waals surface area (Å²) in [5, 5.41) is 8.83. The Morgan fingerprint density at radius 2 is 1.66 bits per heavy atom. The van der Waals surface area contributed by atoms with Crippen molar-refractivity contribution in [1.82, 2.24) is 16.0 Å². The molecule has 1 aromatic carbocycles. The maximum Gasteiger partial charge on any atom is 0.416 e. The van der Waals surface area contributed by atoms with E-state index in [-0.39, 0.29) is 29.5 Å². The van der Waals surface area contributed by atoms with E-state index in [9.17, 15) is 18.0 Å². The number of nitrogens with zero attached hydrogens (tertiary/aromatic N) is 1. The van der Waals surface area contributed by atoms with Crippen LogP contribution in [0.25, 0.3) is 0 Å². The van der Waals surface area contributed by atoms with Gasteiger partial charge in [0.15, 0.2) is 5.96 Å². The second-order valence-corrected chi connectivity index (χ2v) is 6.58. The van der Waals surface area contributed by atoms with Gasteiger partial charge in [0.25, 0.3) is 5.91 Å². The number of alkyl halides is 3. The average molecular weight is 530 g/mol. The van der Waals surface area contributed by atoms with Crippen molar-refractivity contribution < 1.29 is 22.7 Å². The lowest BCUT2D eigenvalue weighted by Gasteiger charge is -2.13. The van der Waals surface area contributed by atoms with E-state index in [0.29, 0.717) is 38.1 Å². The second kappa shape index (κ2) is 14.4. The molecular weight excluding hydrogens is 500 g/mol. The van der Waals surface area contributed by atoms with E-state index in [1.165, 1.54) is 0 Å². The highest BCUT2D eigenvalue weighted by Crippen LogP contribution is 2.28. The number of amides is 1. The SMILES string of the molecule is CN=C(NCCCOCC(C)C)NCCNC(=O)c1ccc(C(F)(F)F)cc1.I. The first kappa shape index (κ1) is 27.4. The number of nitrogens with one attached hydrogen (secondary N) is 3. The Hall–Kier alpha value is -1.56. The monoisotopic (exact) mass is 530 g/mol. The molecule has 0 bridgehead atoms. The molecule has 0 radical (unpaired) electrons. The highest BCUT2D eigenvalue weighted by atomic mass is 127. The number of rotatable bonds is 10. The molecule has 166 valence electrons. The summed E-state index contributed by atoms with van der Waals surface area (Å²) in [5.41, 5.74) is -0.605. The Morgan fingerprint density at radius 3 is 2.21 bits per heavy atom. The van der Waals surface area contributed by atoms with Gasteiger partial charge in [-0.2, -0.15) is 13.2 Å². The number of carbonyl (C=O) groups excluding carboxylic acids is 1. The van der Waals surface area contributed by atoms with E-state index in [1.54, 1.807) is 7.05 Å². The predicted molar refractivity (Wildman–Crippen MR) is 119 cm³/mol. The molecule has 1 rings (SSSR count). The molecule has 0 unspecified atom stereocenters. The van der Waals surface area contributed by atoms with Crippen molar-refractivity contribution in [1.29, 1.82) is 0 Å². The van der Waals surface area contributed by atoms with Crippen LogP contribution in [0.3, 0.4) is 0 Å². The molecule has 10 heteroatoms. The van der Waals surface area contributed by atoms with Gasteiger partial charge in [-0.05, 0) is 36.6 Å². The first-order valence-corrected chi connectivity index (χ1v) is 9.21. The predicted octanol–water partition coefficient (Wildman–Crippen LogP) is 3.28. The molecule has 0 saturated heterocycles. The zero-order chi connectivity index (χ0) is 21.0. The minimum atomic E-state index is -4.41. The van der Waals surface area contributed by atoms with E-state index in [4.69, 9.17) is 4.74 Å². The third kappa shape index (κ3) is 11.9. The maximum atomic E-state index is 12.5. The summed E-state index contributed by atoms with van der Waals surface area (Å²) in [6, 6.07) is 4.11. The molecule has 6 nitrogen and oxygen atoms in total.